The van der Waals surface area contributed by atoms with Crippen LogP contribution in [0.3, 0.4) is 0 Å². The van der Waals surface area contributed by atoms with Crippen LogP contribution in [0.25, 0.3) is 0 Å². The molecule has 0 aliphatic rings. The molecule has 0 aliphatic carbocycles. The van der Waals surface area contributed by atoms with Gasteiger partial charge in [-0.25, -0.2) is 4.98 Å². The SMILES string of the molecule is COCCCc1nc(C(C)(C)C)c(CNC(C)C)s1. The average Bonchev–Trinajstić information content (AvgIpc) is 2.70. The van der Waals surface area contributed by atoms with Crippen LogP contribution in [0.1, 0.15) is 56.6 Å². The number of aryl methyl sites for hydroxylation is 1. The lowest BCUT2D eigenvalue weighted by Crippen LogP contribution is -2.23. The van der Waals surface area contributed by atoms with Gasteiger partial charge in [-0.1, -0.05) is 34.6 Å². The molecule has 3 nitrogen and oxygen atoms in total. The lowest BCUT2D eigenvalue weighted by molar-refractivity contribution is 0.195. The number of hydrogen-bond donors (Lipinski definition) is 1. The number of thiazole rings is 1. The van der Waals surface area contributed by atoms with Crippen LogP contribution < -0.4 is 5.32 Å². The van der Waals surface area contributed by atoms with Crippen molar-refractivity contribution in [3.8, 4) is 0 Å². The molecule has 1 aromatic heterocycles. The highest BCUT2D eigenvalue weighted by atomic mass is 32.1. The van der Waals surface area contributed by atoms with Crippen LogP contribution in [0.4, 0.5) is 0 Å². The second-order valence-corrected chi connectivity index (χ2v) is 7.43. The van der Waals surface area contributed by atoms with Gasteiger partial charge in [0.05, 0.1) is 10.7 Å². The van der Waals surface area contributed by atoms with Crippen LogP contribution in [0.15, 0.2) is 0 Å². The van der Waals surface area contributed by atoms with Gasteiger partial charge in [0.1, 0.15) is 0 Å². The van der Waals surface area contributed by atoms with E-state index in [4.69, 9.17) is 9.72 Å². The lowest BCUT2D eigenvalue weighted by Gasteiger charge is -2.18. The number of ether oxygens (including phenoxy) is 1. The van der Waals surface area contributed by atoms with E-state index >= 15 is 0 Å². The van der Waals surface area contributed by atoms with Crippen molar-refractivity contribution in [3.63, 3.8) is 0 Å². The third-order valence-electron chi connectivity index (χ3n) is 2.86. The van der Waals surface area contributed by atoms with Crippen molar-refractivity contribution in [2.24, 2.45) is 0 Å². The minimum Gasteiger partial charge on any atom is -0.385 e. The van der Waals surface area contributed by atoms with Crippen molar-refractivity contribution < 1.29 is 4.74 Å². The molecule has 1 heterocycles. The fourth-order valence-corrected chi connectivity index (χ4v) is 3.15. The molecule has 0 radical (unpaired) electrons. The molecule has 1 aromatic rings. The Morgan fingerprint density at radius 2 is 2.00 bits per heavy atom. The molecule has 0 aliphatic heterocycles. The highest BCUT2D eigenvalue weighted by molar-refractivity contribution is 7.11. The van der Waals surface area contributed by atoms with Crippen molar-refractivity contribution in [1.29, 1.82) is 0 Å². The Bertz CT molecular complexity index is 380. The van der Waals surface area contributed by atoms with E-state index in [9.17, 15) is 0 Å². The number of nitrogens with zero attached hydrogens (tertiary/aromatic N) is 1. The highest BCUT2D eigenvalue weighted by Crippen LogP contribution is 2.30. The summed E-state index contributed by atoms with van der Waals surface area (Å²) in [5, 5.41) is 4.74. The molecule has 1 rings (SSSR count). The summed E-state index contributed by atoms with van der Waals surface area (Å²) >= 11 is 1.85. The van der Waals surface area contributed by atoms with E-state index in [1.54, 1.807) is 7.11 Å². The molecule has 0 bridgehead atoms. The second kappa shape index (κ2) is 7.36. The summed E-state index contributed by atoms with van der Waals surface area (Å²) in [5.41, 5.74) is 1.36. The van der Waals surface area contributed by atoms with E-state index in [2.05, 4.69) is 39.9 Å². The van der Waals surface area contributed by atoms with Gasteiger partial charge in [0.25, 0.3) is 0 Å². The molecule has 0 atom stereocenters. The van der Waals surface area contributed by atoms with Crippen molar-refractivity contribution in [1.82, 2.24) is 10.3 Å². The fraction of sp³-hybridized carbons (Fsp3) is 0.800. The van der Waals surface area contributed by atoms with Crippen LogP contribution >= 0.6 is 11.3 Å². The molecule has 0 saturated carbocycles. The van der Waals surface area contributed by atoms with Gasteiger partial charge in [-0.15, -0.1) is 11.3 Å². The molecule has 0 saturated heterocycles. The number of aromatic nitrogens is 1. The first-order valence-electron chi connectivity index (χ1n) is 7.06. The predicted octanol–water partition coefficient (Wildman–Crippen LogP) is 3.52. The average molecular weight is 284 g/mol. The first kappa shape index (κ1) is 16.6. The quantitative estimate of drug-likeness (QED) is 0.778. The van der Waals surface area contributed by atoms with E-state index in [-0.39, 0.29) is 5.41 Å². The fourth-order valence-electron chi connectivity index (χ4n) is 1.88. The molecular weight excluding hydrogens is 256 g/mol. The van der Waals surface area contributed by atoms with Gasteiger partial charge in [0.2, 0.25) is 0 Å². The Labute approximate surface area is 121 Å². The van der Waals surface area contributed by atoms with Crippen LogP contribution in [0, 0.1) is 0 Å². The zero-order valence-corrected chi connectivity index (χ0v) is 14.0. The maximum Gasteiger partial charge on any atom is 0.0932 e. The minimum atomic E-state index is 0.115. The Morgan fingerprint density at radius 3 is 2.53 bits per heavy atom. The molecule has 4 heteroatoms. The van der Waals surface area contributed by atoms with Gasteiger partial charge in [0.15, 0.2) is 0 Å². The summed E-state index contributed by atoms with van der Waals surface area (Å²) in [4.78, 5) is 6.24. The summed E-state index contributed by atoms with van der Waals surface area (Å²) in [7, 11) is 1.75. The molecule has 1 N–H and O–H groups in total. The van der Waals surface area contributed by atoms with Crippen molar-refractivity contribution in [2.75, 3.05) is 13.7 Å². The van der Waals surface area contributed by atoms with E-state index in [0.717, 1.165) is 26.0 Å². The molecule has 0 unspecified atom stereocenters. The van der Waals surface area contributed by atoms with Gasteiger partial charge in [0, 0.05) is 43.0 Å². The topological polar surface area (TPSA) is 34.1 Å². The van der Waals surface area contributed by atoms with Crippen LogP contribution in [-0.2, 0) is 23.1 Å². The highest BCUT2D eigenvalue weighted by Gasteiger charge is 2.22. The Hall–Kier alpha value is -0.450. The van der Waals surface area contributed by atoms with Crippen LogP contribution in [0.5, 0.6) is 0 Å². The largest absolute Gasteiger partial charge is 0.385 e. The van der Waals surface area contributed by atoms with Crippen molar-refractivity contribution in [2.45, 2.75) is 65.5 Å². The van der Waals surface area contributed by atoms with Crippen LogP contribution in [-0.4, -0.2) is 24.7 Å². The zero-order chi connectivity index (χ0) is 14.5. The second-order valence-electron chi connectivity index (χ2n) is 6.26. The lowest BCUT2D eigenvalue weighted by atomic mass is 9.91. The molecule has 0 amide bonds. The summed E-state index contributed by atoms with van der Waals surface area (Å²) in [6.45, 7) is 12.8. The first-order chi connectivity index (χ1) is 8.84. The van der Waals surface area contributed by atoms with E-state index in [1.807, 2.05) is 11.3 Å². The van der Waals surface area contributed by atoms with Gasteiger partial charge < -0.3 is 10.1 Å². The van der Waals surface area contributed by atoms with Gasteiger partial charge in [-0.05, 0) is 6.42 Å². The van der Waals surface area contributed by atoms with Gasteiger partial charge >= 0.3 is 0 Å². The maximum atomic E-state index is 5.11. The Balaban J connectivity index is 2.80. The van der Waals surface area contributed by atoms with E-state index in [0.29, 0.717) is 6.04 Å². The minimum absolute atomic E-state index is 0.115. The molecule has 0 spiro atoms. The number of nitrogens with one attached hydrogen (secondary N) is 1. The molecule has 0 aromatic carbocycles. The van der Waals surface area contributed by atoms with Crippen LogP contribution in [0.2, 0.25) is 0 Å². The van der Waals surface area contributed by atoms with Gasteiger partial charge in [-0.2, -0.15) is 0 Å². The summed E-state index contributed by atoms with van der Waals surface area (Å²) in [6.07, 6.45) is 2.06. The monoisotopic (exact) mass is 284 g/mol. The normalized spacial score (nSPS) is 12.4. The summed E-state index contributed by atoms with van der Waals surface area (Å²) in [5.74, 6) is 0. The van der Waals surface area contributed by atoms with Crippen molar-refractivity contribution in [3.05, 3.63) is 15.6 Å². The van der Waals surface area contributed by atoms with E-state index in [1.165, 1.54) is 15.6 Å². The smallest absolute Gasteiger partial charge is 0.0932 e. The summed E-state index contributed by atoms with van der Waals surface area (Å²) < 4.78 is 5.11. The third kappa shape index (κ3) is 5.59. The third-order valence-corrected chi connectivity index (χ3v) is 3.98. The maximum absolute atomic E-state index is 5.11. The number of rotatable bonds is 7. The molecule has 0 fully saturated rings. The molecule has 19 heavy (non-hydrogen) atoms. The van der Waals surface area contributed by atoms with Crippen molar-refractivity contribution >= 4 is 11.3 Å². The Kier molecular flexibility index (Phi) is 6.43. The van der Waals surface area contributed by atoms with E-state index < -0.39 is 0 Å². The molecule has 110 valence electrons. The predicted molar refractivity (Wildman–Crippen MR) is 83.0 cm³/mol. The van der Waals surface area contributed by atoms with Gasteiger partial charge in [-0.3, -0.25) is 0 Å². The first-order valence-corrected chi connectivity index (χ1v) is 7.87. The number of methoxy groups -OCH3 is 1. The molecular formula is C15H28N2OS. The Morgan fingerprint density at radius 1 is 1.32 bits per heavy atom. The number of hydrogen-bond acceptors (Lipinski definition) is 4. The summed E-state index contributed by atoms with van der Waals surface area (Å²) in [6, 6.07) is 0.506. The zero-order valence-electron chi connectivity index (χ0n) is 13.2. The standard InChI is InChI=1S/C15H28N2OS/c1-11(2)16-10-12-14(15(3,4)5)17-13(19-12)8-7-9-18-6/h11,16H,7-10H2,1-6H3.